The van der Waals surface area contributed by atoms with E-state index in [-0.39, 0.29) is 42.3 Å². The number of carbonyl (C=O) groups is 1. The van der Waals surface area contributed by atoms with Crippen LogP contribution in [0.4, 0.5) is 30.4 Å². The van der Waals surface area contributed by atoms with E-state index in [4.69, 9.17) is 18.9 Å². The van der Waals surface area contributed by atoms with Crippen LogP contribution in [0.5, 0.6) is 11.5 Å². The summed E-state index contributed by atoms with van der Waals surface area (Å²) in [6.07, 6.45) is -4.90. The van der Waals surface area contributed by atoms with E-state index in [1.807, 2.05) is 13.0 Å². The molecule has 0 saturated carbocycles. The van der Waals surface area contributed by atoms with E-state index in [0.29, 0.717) is 18.0 Å². The molecule has 216 valence electrons. The second-order valence-corrected chi connectivity index (χ2v) is 8.90. The first-order valence-corrected chi connectivity index (χ1v) is 13.1. The van der Waals surface area contributed by atoms with Crippen molar-refractivity contribution in [2.45, 2.75) is 20.0 Å². The molecule has 2 heterocycles. The molecule has 2 N–H and O–H groups in total. The summed E-state index contributed by atoms with van der Waals surface area (Å²) in [6.45, 7) is 7.46. The molecule has 0 bridgehead atoms. The van der Waals surface area contributed by atoms with Gasteiger partial charge in [0.1, 0.15) is 29.5 Å². The largest absolute Gasteiger partial charge is 0.494 e. The molecule has 0 amide bonds. The molecule has 1 aliphatic heterocycles. The molecule has 0 radical (unpaired) electrons. The maximum absolute atomic E-state index is 14.6. The van der Waals surface area contributed by atoms with Crippen LogP contribution >= 0.6 is 0 Å². The van der Waals surface area contributed by atoms with Crippen LogP contribution in [-0.2, 0) is 15.7 Å². The van der Waals surface area contributed by atoms with E-state index in [1.54, 1.807) is 12.1 Å². The average Bonchev–Trinajstić information content (AvgIpc) is 2.95. The number of aromatic nitrogens is 1. The highest BCUT2D eigenvalue weighted by Crippen LogP contribution is 2.42. The maximum atomic E-state index is 14.6. The third-order valence-corrected chi connectivity index (χ3v) is 6.34. The molecule has 2 aromatic carbocycles. The summed E-state index contributed by atoms with van der Waals surface area (Å²) < 4.78 is 65.3. The van der Waals surface area contributed by atoms with Crippen molar-refractivity contribution >= 4 is 34.1 Å². The number of nitrogens with zero attached hydrogens (tertiary/aromatic N) is 2. The van der Waals surface area contributed by atoms with Crippen molar-refractivity contribution in [1.29, 1.82) is 0 Å². The predicted octanol–water partition coefficient (Wildman–Crippen LogP) is 5.01. The summed E-state index contributed by atoms with van der Waals surface area (Å²) in [5.74, 6) is -0.859. The number of alkyl halides is 3. The topological polar surface area (TPSA) is 94.2 Å². The van der Waals surface area contributed by atoms with Gasteiger partial charge in [-0.2, -0.15) is 13.2 Å². The van der Waals surface area contributed by atoms with Crippen LogP contribution in [0.15, 0.2) is 36.4 Å². The number of hydrogen-bond donors (Lipinski definition) is 2. The summed E-state index contributed by atoms with van der Waals surface area (Å²) in [7, 11) is 1.47. The van der Waals surface area contributed by atoms with Gasteiger partial charge in [-0.25, -0.2) is 9.78 Å². The zero-order chi connectivity index (χ0) is 28.7. The quantitative estimate of drug-likeness (QED) is 0.247. The Balaban J connectivity index is 1.81. The Kier molecular flexibility index (Phi) is 9.54. The van der Waals surface area contributed by atoms with Crippen molar-refractivity contribution < 1.29 is 36.9 Å². The van der Waals surface area contributed by atoms with Crippen molar-refractivity contribution in [3.63, 3.8) is 0 Å². The highest BCUT2D eigenvalue weighted by atomic mass is 19.4. The Labute approximate surface area is 230 Å². The molecule has 3 aromatic rings. The highest BCUT2D eigenvalue weighted by molar-refractivity contribution is 6.03. The number of anilines is 3. The molecule has 1 aliphatic rings. The molecule has 12 heteroatoms. The standard InChI is InChI=1S/C28H33F3N4O5/c1-4-38-14-15-40-19-7-9-21-20(17-19)25(28(29,30)31)24(27(36)39-5-2)26(33-21)34-22-8-6-18(16-23(22)37-3)35-12-10-32-11-13-35/h6-9,16-17,32H,4-5,10-15H2,1-3H3,(H,33,34). The lowest BCUT2D eigenvalue weighted by atomic mass is 10.0. The van der Waals surface area contributed by atoms with Gasteiger partial charge in [0.2, 0.25) is 0 Å². The Bertz CT molecular complexity index is 1330. The Morgan fingerprint density at radius 2 is 1.85 bits per heavy atom. The molecular formula is C28H33F3N4O5. The normalized spacial score (nSPS) is 13.8. The highest BCUT2D eigenvalue weighted by Gasteiger charge is 2.40. The van der Waals surface area contributed by atoms with Gasteiger partial charge < -0.3 is 34.5 Å². The van der Waals surface area contributed by atoms with Crippen LogP contribution in [0.3, 0.4) is 0 Å². The number of fused-ring (bicyclic) bond motifs is 1. The summed E-state index contributed by atoms with van der Waals surface area (Å²) >= 11 is 0. The van der Waals surface area contributed by atoms with Gasteiger partial charge in [0.25, 0.3) is 0 Å². The second kappa shape index (κ2) is 13.1. The fourth-order valence-corrected chi connectivity index (χ4v) is 4.51. The smallest absolute Gasteiger partial charge is 0.418 e. The van der Waals surface area contributed by atoms with E-state index in [2.05, 4.69) is 20.5 Å². The van der Waals surface area contributed by atoms with Gasteiger partial charge in [0.05, 0.1) is 37.1 Å². The third-order valence-electron chi connectivity index (χ3n) is 6.34. The van der Waals surface area contributed by atoms with Gasteiger partial charge >= 0.3 is 12.1 Å². The fourth-order valence-electron chi connectivity index (χ4n) is 4.51. The first-order chi connectivity index (χ1) is 19.3. The van der Waals surface area contributed by atoms with Gasteiger partial charge in [0, 0.05) is 49.9 Å². The second-order valence-electron chi connectivity index (χ2n) is 8.90. The van der Waals surface area contributed by atoms with Crippen LogP contribution in [0.25, 0.3) is 10.9 Å². The number of halogens is 3. The number of carbonyl (C=O) groups excluding carboxylic acids is 1. The number of hydrogen-bond acceptors (Lipinski definition) is 9. The number of esters is 1. The Morgan fingerprint density at radius 1 is 1.07 bits per heavy atom. The van der Waals surface area contributed by atoms with E-state index in [9.17, 15) is 18.0 Å². The van der Waals surface area contributed by atoms with E-state index < -0.39 is 23.3 Å². The number of nitrogens with one attached hydrogen (secondary N) is 2. The van der Waals surface area contributed by atoms with Crippen molar-refractivity contribution in [2.75, 3.05) is 69.9 Å². The lowest BCUT2D eigenvalue weighted by Gasteiger charge is -2.30. The summed E-state index contributed by atoms with van der Waals surface area (Å²) in [5, 5.41) is 5.92. The number of pyridine rings is 1. The van der Waals surface area contributed by atoms with Gasteiger partial charge in [-0.15, -0.1) is 0 Å². The number of rotatable bonds is 11. The maximum Gasteiger partial charge on any atom is 0.418 e. The minimum absolute atomic E-state index is 0.0245. The van der Waals surface area contributed by atoms with E-state index in [0.717, 1.165) is 31.9 Å². The minimum atomic E-state index is -4.90. The van der Waals surface area contributed by atoms with Crippen LogP contribution in [0.2, 0.25) is 0 Å². The molecule has 9 nitrogen and oxygen atoms in total. The van der Waals surface area contributed by atoms with Crippen LogP contribution in [0, 0.1) is 0 Å². The average molecular weight is 563 g/mol. The molecule has 40 heavy (non-hydrogen) atoms. The van der Waals surface area contributed by atoms with Crippen molar-refractivity contribution in [3.05, 3.63) is 47.5 Å². The molecule has 0 unspecified atom stereocenters. The molecule has 4 rings (SSSR count). The van der Waals surface area contributed by atoms with Crippen LogP contribution in [0.1, 0.15) is 29.8 Å². The lowest BCUT2D eigenvalue weighted by Crippen LogP contribution is -2.43. The number of ether oxygens (including phenoxy) is 4. The lowest BCUT2D eigenvalue weighted by molar-refractivity contribution is -0.136. The summed E-state index contributed by atoms with van der Waals surface area (Å²) in [4.78, 5) is 19.6. The molecule has 0 aliphatic carbocycles. The van der Waals surface area contributed by atoms with Crippen molar-refractivity contribution in [1.82, 2.24) is 10.3 Å². The monoisotopic (exact) mass is 562 g/mol. The van der Waals surface area contributed by atoms with E-state index >= 15 is 0 Å². The van der Waals surface area contributed by atoms with Gasteiger partial charge in [-0.05, 0) is 44.2 Å². The fraction of sp³-hybridized carbons (Fsp3) is 0.429. The van der Waals surface area contributed by atoms with Gasteiger partial charge in [-0.1, -0.05) is 0 Å². The predicted molar refractivity (Wildman–Crippen MR) is 146 cm³/mol. The van der Waals surface area contributed by atoms with Gasteiger partial charge in [-0.3, -0.25) is 0 Å². The zero-order valence-corrected chi connectivity index (χ0v) is 22.7. The minimum Gasteiger partial charge on any atom is -0.494 e. The van der Waals surface area contributed by atoms with E-state index in [1.165, 1.54) is 32.2 Å². The first-order valence-electron chi connectivity index (χ1n) is 13.1. The molecule has 1 saturated heterocycles. The SMILES string of the molecule is CCOCCOc1ccc2nc(Nc3ccc(N4CCNCC4)cc3OC)c(C(=O)OCC)c(C(F)(F)F)c2c1. The number of piperazine rings is 1. The third kappa shape index (κ3) is 6.68. The zero-order valence-electron chi connectivity index (χ0n) is 22.7. The Morgan fingerprint density at radius 3 is 2.52 bits per heavy atom. The molecule has 0 spiro atoms. The number of methoxy groups -OCH3 is 1. The molecule has 1 fully saturated rings. The first kappa shape index (κ1) is 29.2. The van der Waals surface area contributed by atoms with Crippen molar-refractivity contribution in [3.8, 4) is 11.5 Å². The molecule has 1 aromatic heterocycles. The van der Waals surface area contributed by atoms with Crippen LogP contribution in [-0.4, -0.2) is 70.7 Å². The Hall–Kier alpha value is -3.77. The number of benzene rings is 2. The van der Waals surface area contributed by atoms with Crippen LogP contribution < -0.4 is 25.0 Å². The molecule has 0 atom stereocenters. The molecular weight excluding hydrogens is 529 g/mol. The summed E-state index contributed by atoms with van der Waals surface area (Å²) in [6, 6.07) is 9.52. The van der Waals surface area contributed by atoms with Crippen molar-refractivity contribution in [2.24, 2.45) is 0 Å². The van der Waals surface area contributed by atoms with Gasteiger partial charge in [0.15, 0.2) is 0 Å². The summed E-state index contributed by atoms with van der Waals surface area (Å²) in [5.41, 5.74) is -0.597.